The average Bonchev–Trinajstić information content (AvgIpc) is 2.40. The molecule has 0 aromatic heterocycles. The number of imide groups is 1. The largest absolute Gasteiger partial charge is 0.458 e. The Morgan fingerprint density at radius 3 is 1.50 bits per heavy atom. The van der Waals surface area contributed by atoms with Crippen LogP contribution in [0.25, 0.3) is 0 Å². The van der Waals surface area contributed by atoms with Gasteiger partial charge in [-0.25, -0.2) is 14.4 Å². The van der Waals surface area contributed by atoms with Crippen LogP contribution in [0.5, 0.6) is 0 Å². The van der Waals surface area contributed by atoms with Crippen LogP contribution in [0.4, 0.5) is 9.59 Å². The Morgan fingerprint density at radius 1 is 0.786 bits per heavy atom. The molecule has 0 aliphatic heterocycles. The lowest BCUT2D eigenvalue weighted by atomic mass is 10.1. The Kier molecular flexibility index (Phi) is 9.14. The second-order valence-corrected chi connectivity index (χ2v) is 9.48. The molecule has 0 fully saturated rings. The van der Waals surface area contributed by atoms with E-state index in [0.717, 1.165) is 0 Å². The topological polar surface area (TPSA) is 99.2 Å². The molecule has 28 heavy (non-hydrogen) atoms. The fraction of sp³-hybridized carbons (Fsp3) is 0.800. The molecule has 0 spiro atoms. The highest BCUT2D eigenvalue weighted by Crippen LogP contribution is 2.22. The summed E-state index contributed by atoms with van der Waals surface area (Å²) >= 11 is 0. The molecule has 0 aliphatic carbocycles. The molecule has 8 nitrogen and oxygen atoms in total. The number of aldehydes is 1. The molecule has 0 bridgehead atoms. The predicted octanol–water partition coefficient (Wildman–Crippen LogP) is 4.24. The van der Waals surface area contributed by atoms with Crippen molar-refractivity contribution in [3.05, 3.63) is 0 Å². The van der Waals surface area contributed by atoms with Crippen LogP contribution in [0.2, 0.25) is 0 Å². The maximum atomic E-state index is 12.8. The molecule has 2 amide bonds. The van der Waals surface area contributed by atoms with Crippen molar-refractivity contribution in [1.29, 1.82) is 0 Å². The number of unbranched alkanes of at least 4 members (excludes halogenated alkanes) is 1. The highest BCUT2D eigenvalue weighted by atomic mass is 16.6. The van der Waals surface area contributed by atoms with Crippen LogP contribution < -0.4 is 0 Å². The summed E-state index contributed by atoms with van der Waals surface area (Å²) in [5.74, 6) is -0.768. The van der Waals surface area contributed by atoms with Crippen molar-refractivity contribution in [3.8, 4) is 0 Å². The number of nitrogens with zero attached hydrogens (tertiary/aromatic N) is 1. The molecule has 0 radical (unpaired) electrons. The summed E-state index contributed by atoms with van der Waals surface area (Å²) in [5, 5.41) is 0. The van der Waals surface area contributed by atoms with Gasteiger partial charge in [0.1, 0.15) is 29.1 Å². The minimum Gasteiger partial charge on any atom is -0.458 e. The van der Waals surface area contributed by atoms with Gasteiger partial charge in [0.05, 0.1) is 0 Å². The maximum absolute atomic E-state index is 12.8. The summed E-state index contributed by atoms with van der Waals surface area (Å²) in [6.45, 7) is 14.9. The minimum absolute atomic E-state index is 0.0478. The first-order chi connectivity index (χ1) is 12.5. The van der Waals surface area contributed by atoms with Crippen molar-refractivity contribution in [3.63, 3.8) is 0 Å². The van der Waals surface area contributed by atoms with E-state index in [1.807, 2.05) is 0 Å². The first kappa shape index (κ1) is 25.9. The van der Waals surface area contributed by atoms with Gasteiger partial charge >= 0.3 is 18.2 Å². The third kappa shape index (κ3) is 10.9. The second kappa shape index (κ2) is 9.89. The smallest absolute Gasteiger partial charge is 0.420 e. The van der Waals surface area contributed by atoms with Gasteiger partial charge in [0.25, 0.3) is 0 Å². The Morgan fingerprint density at radius 2 is 1.18 bits per heavy atom. The van der Waals surface area contributed by atoms with Crippen molar-refractivity contribution in [2.75, 3.05) is 0 Å². The molecule has 0 rings (SSSR count). The van der Waals surface area contributed by atoms with Gasteiger partial charge < -0.3 is 19.0 Å². The zero-order valence-corrected chi connectivity index (χ0v) is 18.6. The zero-order valence-electron chi connectivity index (χ0n) is 18.6. The molecule has 162 valence electrons. The fourth-order valence-electron chi connectivity index (χ4n) is 2.07. The number of ether oxygens (including phenoxy) is 3. The second-order valence-electron chi connectivity index (χ2n) is 9.48. The summed E-state index contributed by atoms with van der Waals surface area (Å²) < 4.78 is 16.0. The molecule has 0 aliphatic rings. The minimum atomic E-state index is -1.27. The standard InChI is InChI=1S/C20H35NO7/c1-18(2,3)26-15(23)14(12-10-11-13-22)21(16(24)27-19(4,5)6)17(25)28-20(7,8)9/h13-14H,10-12H2,1-9H3/t14-/m0/s1. The highest BCUT2D eigenvalue weighted by Gasteiger charge is 2.41. The van der Waals surface area contributed by atoms with E-state index in [-0.39, 0.29) is 19.3 Å². The van der Waals surface area contributed by atoms with Gasteiger partial charge in [0.15, 0.2) is 0 Å². The number of esters is 1. The van der Waals surface area contributed by atoms with Crippen LogP contribution in [0.15, 0.2) is 0 Å². The number of hydrogen-bond donors (Lipinski definition) is 0. The van der Waals surface area contributed by atoms with E-state index < -0.39 is 41.0 Å². The maximum Gasteiger partial charge on any atom is 0.420 e. The number of carbonyl (C=O) groups is 4. The SMILES string of the molecule is CC(C)(C)OC(=O)[C@H](CCCC=O)N(C(=O)OC(C)(C)C)C(=O)OC(C)(C)C. The lowest BCUT2D eigenvalue weighted by Gasteiger charge is -2.33. The van der Waals surface area contributed by atoms with E-state index in [9.17, 15) is 19.2 Å². The van der Waals surface area contributed by atoms with Gasteiger partial charge in [-0.2, -0.15) is 4.90 Å². The molecule has 0 aromatic carbocycles. The Bertz CT molecular complexity index is 537. The first-order valence-corrected chi connectivity index (χ1v) is 9.38. The van der Waals surface area contributed by atoms with Crippen molar-refractivity contribution in [2.45, 2.75) is 104 Å². The van der Waals surface area contributed by atoms with Crippen molar-refractivity contribution in [2.24, 2.45) is 0 Å². The number of carbonyl (C=O) groups excluding carboxylic acids is 4. The first-order valence-electron chi connectivity index (χ1n) is 9.38. The van der Waals surface area contributed by atoms with E-state index in [1.54, 1.807) is 62.3 Å². The van der Waals surface area contributed by atoms with E-state index in [0.29, 0.717) is 11.2 Å². The average molecular weight is 402 g/mol. The van der Waals surface area contributed by atoms with Gasteiger partial charge in [0, 0.05) is 6.42 Å². The highest BCUT2D eigenvalue weighted by molar-refractivity contribution is 5.94. The molecule has 0 aromatic rings. The molecular formula is C20H35NO7. The summed E-state index contributed by atoms with van der Waals surface area (Å²) in [7, 11) is 0. The van der Waals surface area contributed by atoms with Gasteiger partial charge in [-0.3, -0.25) is 0 Å². The summed E-state index contributed by atoms with van der Waals surface area (Å²) in [6, 6.07) is -1.27. The quantitative estimate of drug-likeness (QED) is 0.284. The lowest BCUT2D eigenvalue weighted by molar-refractivity contribution is -0.161. The molecule has 0 saturated heterocycles. The van der Waals surface area contributed by atoms with Gasteiger partial charge in [-0.1, -0.05) is 0 Å². The van der Waals surface area contributed by atoms with Crippen LogP contribution in [0.1, 0.15) is 81.6 Å². The van der Waals surface area contributed by atoms with Crippen LogP contribution in [0.3, 0.4) is 0 Å². The lowest BCUT2D eigenvalue weighted by Crippen LogP contribution is -2.53. The van der Waals surface area contributed by atoms with Crippen LogP contribution in [-0.4, -0.2) is 52.2 Å². The summed E-state index contributed by atoms with van der Waals surface area (Å²) in [6.07, 6.45) is -0.804. The van der Waals surface area contributed by atoms with Gasteiger partial charge in [0.2, 0.25) is 0 Å². The van der Waals surface area contributed by atoms with Crippen LogP contribution in [-0.2, 0) is 23.8 Å². The number of rotatable bonds is 6. The molecule has 0 unspecified atom stereocenters. The van der Waals surface area contributed by atoms with Crippen LogP contribution >= 0.6 is 0 Å². The Balaban J connectivity index is 5.95. The van der Waals surface area contributed by atoms with Crippen LogP contribution in [0, 0.1) is 0 Å². The van der Waals surface area contributed by atoms with Gasteiger partial charge in [-0.05, 0) is 75.2 Å². The number of hydrogen-bond acceptors (Lipinski definition) is 7. The molecular weight excluding hydrogens is 366 g/mol. The third-order valence-electron chi connectivity index (χ3n) is 2.97. The molecule has 0 saturated carbocycles. The zero-order chi connectivity index (χ0) is 22.3. The third-order valence-corrected chi connectivity index (χ3v) is 2.97. The van der Waals surface area contributed by atoms with E-state index in [1.165, 1.54) is 0 Å². The van der Waals surface area contributed by atoms with Gasteiger partial charge in [-0.15, -0.1) is 0 Å². The normalized spacial score (nSPS) is 13.3. The van der Waals surface area contributed by atoms with E-state index in [4.69, 9.17) is 14.2 Å². The summed E-state index contributed by atoms with van der Waals surface area (Å²) in [4.78, 5) is 49.6. The number of amides is 2. The molecule has 1 atom stereocenters. The summed E-state index contributed by atoms with van der Waals surface area (Å²) in [5.41, 5.74) is -2.61. The van der Waals surface area contributed by atoms with Crippen molar-refractivity contribution >= 4 is 24.4 Å². The Hall–Kier alpha value is -2.12. The van der Waals surface area contributed by atoms with E-state index in [2.05, 4.69) is 0 Å². The van der Waals surface area contributed by atoms with Crippen molar-refractivity contribution in [1.82, 2.24) is 4.90 Å². The Labute approximate surface area is 167 Å². The monoisotopic (exact) mass is 401 g/mol. The predicted molar refractivity (Wildman–Crippen MR) is 104 cm³/mol. The molecule has 8 heteroatoms. The molecule has 0 heterocycles. The fourth-order valence-corrected chi connectivity index (χ4v) is 2.07. The molecule has 0 N–H and O–H groups in total. The van der Waals surface area contributed by atoms with E-state index >= 15 is 0 Å². The van der Waals surface area contributed by atoms with Crippen molar-refractivity contribution < 1.29 is 33.4 Å².